The number of hydrogen-bond donors (Lipinski definition) is 2. The van der Waals surface area contributed by atoms with E-state index < -0.39 is 0 Å². The Hall–Kier alpha value is -3.54. The maximum atomic E-state index is 12.4. The number of carbonyl (C=O) groups is 1. The number of ether oxygens (including phenoxy) is 2. The molecule has 0 aliphatic rings. The van der Waals surface area contributed by atoms with Crippen LogP contribution in [0.15, 0.2) is 67.0 Å². The molecule has 0 unspecified atom stereocenters. The smallest absolute Gasteiger partial charge is 0.253 e. The van der Waals surface area contributed by atoms with Gasteiger partial charge in [0.1, 0.15) is 11.5 Å². The summed E-state index contributed by atoms with van der Waals surface area (Å²) < 4.78 is 10.3. The van der Waals surface area contributed by atoms with E-state index in [1.54, 1.807) is 26.6 Å². The first-order valence-corrected chi connectivity index (χ1v) is 9.41. The molecule has 150 valence electrons. The number of benzene rings is 2. The van der Waals surface area contributed by atoms with Gasteiger partial charge in [-0.25, -0.2) is 0 Å². The molecule has 1 aromatic heterocycles. The van der Waals surface area contributed by atoms with Gasteiger partial charge in [-0.2, -0.15) is 0 Å². The van der Waals surface area contributed by atoms with Gasteiger partial charge in [0.25, 0.3) is 5.91 Å². The van der Waals surface area contributed by atoms with E-state index in [0.717, 1.165) is 35.7 Å². The van der Waals surface area contributed by atoms with Gasteiger partial charge in [-0.05, 0) is 47.9 Å². The second kappa shape index (κ2) is 10.1. The van der Waals surface area contributed by atoms with Gasteiger partial charge in [0.15, 0.2) is 0 Å². The predicted molar refractivity (Wildman–Crippen MR) is 114 cm³/mol. The van der Waals surface area contributed by atoms with Gasteiger partial charge in [0.05, 0.1) is 25.5 Å². The zero-order valence-corrected chi connectivity index (χ0v) is 16.6. The zero-order chi connectivity index (χ0) is 20.5. The van der Waals surface area contributed by atoms with Crippen LogP contribution in [0.4, 0.5) is 5.69 Å². The first kappa shape index (κ1) is 20.2. The van der Waals surface area contributed by atoms with Crippen LogP contribution in [0.1, 0.15) is 21.5 Å². The Morgan fingerprint density at radius 2 is 1.52 bits per heavy atom. The number of nitrogens with zero attached hydrogens (tertiary/aromatic N) is 1. The highest BCUT2D eigenvalue weighted by molar-refractivity contribution is 5.94. The fourth-order valence-electron chi connectivity index (χ4n) is 2.83. The number of hydrogen-bond acceptors (Lipinski definition) is 5. The highest BCUT2D eigenvalue weighted by atomic mass is 16.5. The number of carbonyl (C=O) groups excluding carboxylic acids is 1. The molecule has 6 nitrogen and oxygen atoms in total. The molecule has 6 heteroatoms. The minimum absolute atomic E-state index is 0.160. The van der Waals surface area contributed by atoms with Crippen molar-refractivity contribution < 1.29 is 14.3 Å². The second-order valence-corrected chi connectivity index (χ2v) is 6.52. The molecule has 3 aromatic rings. The predicted octanol–water partition coefficient (Wildman–Crippen LogP) is 3.68. The monoisotopic (exact) mass is 391 g/mol. The number of amides is 1. The molecule has 0 saturated heterocycles. The number of aromatic nitrogens is 1. The van der Waals surface area contributed by atoms with Crippen molar-refractivity contribution in [2.45, 2.75) is 13.0 Å². The summed E-state index contributed by atoms with van der Waals surface area (Å²) in [6.45, 7) is 1.18. The average molecular weight is 391 g/mol. The lowest BCUT2D eigenvalue weighted by molar-refractivity contribution is 0.0950. The summed E-state index contributed by atoms with van der Waals surface area (Å²) in [5, 5.41) is 6.23. The summed E-state index contributed by atoms with van der Waals surface area (Å²) in [6.07, 6.45) is 4.14. The van der Waals surface area contributed by atoms with E-state index in [1.165, 1.54) is 5.56 Å². The highest BCUT2D eigenvalue weighted by Crippen LogP contribution is 2.14. The molecule has 1 amide bonds. The van der Waals surface area contributed by atoms with Gasteiger partial charge in [0.2, 0.25) is 0 Å². The van der Waals surface area contributed by atoms with Crippen molar-refractivity contribution in [1.82, 2.24) is 10.3 Å². The van der Waals surface area contributed by atoms with Crippen LogP contribution in [0.2, 0.25) is 0 Å². The van der Waals surface area contributed by atoms with Crippen LogP contribution in [0.5, 0.6) is 11.5 Å². The highest BCUT2D eigenvalue weighted by Gasteiger charge is 2.07. The number of nitrogens with one attached hydrogen (secondary N) is 2. The third-order valence-corrected chi connectivity index (χ3v) is 4.51. The number of rotatable bonds is 9. The standard InChI is InChI=1S/C23H25N3O3/c1-28-21-7-3-17(4-8-21)11-12-25-20-13-19(15-24-16-20)23(27)26-14-18-5-9-22(29-2)10-6-18/h3-10,13,15-16,25H,11-12,14H2,1-2H3,(H,26,27). The molecule has 2 aromatic carbocycles. The van der Waals surface area contributed by atoms with Crippen LogP contribution < -0.4 is 20.1 Å². The Morgan fingerprint density at radius 1 is 0.897 bits per heavy atom. The van der Waals surface area contributed by atoms with Crippen LogP contribution in [0.3, 0.4) is 0 Å². The molecular formula is C23H25N3O3. The number of anilines is 1. The van der Waals surface area contributed by atoms with Crippen molar-refractivity contribution >= 4 is 11.6 Å². The zero-order valence-electron chi connectivity index (χ0n) is 16.6. The SMILES string of the molecule is COc1ccc(CCNc2cncc(C(=O)NCc3ccc(OC)cc3)c2)cc1. The molecule has 0 fully saturated rings. The van der Waals surface area contributed by atoms with E-state index in [2.05, 4.69) is 15.6 Å². The number of pyridine rings is 1. The van der Waals surface area contributed by atoms with E-state index in [1.807, 2.05) is 54.6 Å². The van der Waals surface area contributed by atoms with Gasteiger partial charge in [-0.15, -0.1) is 0 Å². The van der Waals surface area contributed by atoms with Crippen LogP contribution in [0, 0.1) is 0 Å². The summed E-state index contributed by atoms with van der Waals surface area (Å²) >= 11 is 0. The molecule has 0 aliphatic heterocycles. The summed E-state index contributed by atoms with van der Waals surface area (Å²) in [7, 11) is 3.28. The second-order valence-electron chi connectivity index (χ2n) is 6.52. The third kappa shape index (κ3) is 5.97. The summed E-state index contributed by atoms with van der Waals surface area (Å²) in [5.41, 5.74) is 3.55. The van der Waals surface area contributed by atoms with Crippen molar-refractivity contribution in [3.63, 3.8) is 0 Å². The van der Waals surface area contributed by atoms with E-state index in [0.29, 0.717) is 12.1 Å². The molecule has 0 saturated carbocycles. The minimum atomic E-state index is -0.160. The molecule has 0 atom stereocenters. The minimum Gasteiger partial charge on any atom is -0.497 e. The topological polar surface area (TPSA) is 72.5 Å². The van der Waals surface area contributed by atoms with Gasteiger partial charge >= 0.3 is 0 Å². The van der Waals surface area contributed by atoms with E-state index in [-0.39, 0.29) is 5.91 Å². The normalized spacial score (nSPS) is 10.3. The first-order chi connectivity index (χ1) is 14.2. The lowest BCUT2D eigenvalue weighted by atomic mass is 10.1. The summed E-state index contributed by atoms with van der Waals surface area (Å²) in [4.78, 5) is 16.6. The Kier molecular flexibility index (Phi) is 7.05. The quantitative estimate of drug-likeness (QED) is 0.582. The molecule has 29 heavy (non-hydrogen) atoms. The summed E-state index contributed by atoms with van der Waals surface area (Å²) in [5.74, 6) is 1.48. The Morgan fingerprint density at radius 3 is 2.14 bits per heavy atom. The lowest BCUT2D eigenvalue weighted by Crippen LogP contribution is -2.23. The molecule has 3 rings (SSSR count). The van der Waals surface area contributed by atoms with Crippen LogP contribution >= 0.6 is 0 Å². The third-order valence-electron chi connectivity index (χ3n) is 4.51. The van der Waals surface area contributed by atoms with Crippen molar-refractivity contribution in [2.75, 3.05) is 26.1 Å². The van der Waals surface area contributed by atoms with Crippen LogP contribution in [-0.4, -0.2) is 31.7 Å². The van der Waals surface area contributed by atoms with Crippen molar-refractivity contribution in [3.05, 3.63) is 83.7 Å². The van der Waals surface area contributed by atoms with E-state index >= 15 is 0 Å². The number of methoxy groups -OCH3 is 2. The molecule has 2 N–H and O–H groups in total. The molecular weight excluding hydrogens is 366 g/mol. The van der Waals surface area contributed by atoms with Gasteiger partial charge in [0, 0.05) is 25.5 Å². The lowest BCUT2D eigenvalue weighted by Gasteiger charge is -2.09. The van der Waals surface area contributed by atoms with Gasteiger partial charge < -0.3 is 20.1 Å². The fourth-order valence-corrected chi connectivity index (χ4v) is 2.83. The first-order valence-electron chi connectivity index (χ1n) is 9.41. The average Bonchev–Trinajstić information content (AvgIpc) is 2.78. The van der Waals surface area contributed by atoms with E-state index in [4.69, 9.17) is 9.47 Å². The fraction of sp³-hybridized carbons (Fsp3) is 0.217. The van der Waals surface area contributed by atoms with Crippen LogP contribution in [-0.2, 0) is 13.0 Å². The van der Waals surface area contributed by atoms with E-state index in [9.17, 15) is 4.79 Å². The molecule has 0 radical (unpaired) electrons. The molecule has 1 heterocycles. The molecule has 0 bridgehead atoms. The van der Waals surface area contributed by atoms with Gasteiger partial charge in [-0.3, -0.25) is 9.78 Å². The van der Waals surface area contributed by atoms with Gasteiger partial charge in [-0.1, -0.05) is 24.3 Å². The Balaban J connectivity index is 1.50. The molecule has 0 spiro atoms. The van der Waals surface area contributed by atoms with Crippen molar-refractivity contribution in [2.24, 2.45) is 0 Å². The maximum absolute atomic E-state index is 12.4. The Bertz CT molecular complexity index is 925. The maximum Gasteiger partial charge on any atom is 0.253 e. The molecule has 0 aliphatic carbocycles. The van der Waals surface area contributed by atoms with Crippen molar-refractivity contribution in [3.8, 4) is 11.5 Å². The van der Waals surface area contributed by atoms with Crippen molar-refractivity contribution in [1.29, 1.82) is 0 Å². The summed E-state index contributed by atoms with van der Waals surface area (Å²) in [6, 6.07) is 17.4. The Labute approximate surface area is 170 Å². The van der Waals surface area contributed by atoms with Crippen LogP contribution in [0.25, 0.3) is 0 Å². The largest absolute Gasteiger partial charge is 0.497 e.